The summed E-state index contributed by atoms with van der Waals surface area (Å²) in [7, 11) is 0. The number of rotatable bonds is 4. The van der Waals surface area contributed by atoms with Gasteiger partial charge in [-0.3, -0.25) is 4.90 Å². The van der Waals surface area contributed by atoms with Crippen molar-refractivity contribution in [2.24, 2.45) is 0 Å². The largest absolute Gasteiger partial charge is 0.317 e. The molecule has 100 valence electrons. The Balaban J connectivity index is 2.02. The maximum Gasteiger partial charge on any atom is 0.137 e. The Morgan fingerprint density at radius 3 is 2.72 bits per heavy atom. The Bertz CT molecular complexity index is 391. The van der Waals surface area contributed by atoms with E-state index in [0.717, 1.165) is 26.2 Å². The van der Waals surface area contributed by atoms with Crippen molar-refractivity contribution in [3.63, 3.8) is 0 Å². The number of halogens is 2. The predicted molar refractivity (Wildman–Crippen MR) is 76.1 cm³/mol. The van der Waals surface area contributed by atoms with Crippen molar-refractivity contribution in [2.75, 3.05) is 19.6 Å². The van der Waals surface area contributed by atoms with Gasteiger partial charge >= 0.3 is 0 Å². The summed E-state index contributed by atoms with van der Waals surface area (Å²) in [5.74, 6) is -0.191. The van der Waals surface area contributed by atoms with Gasteiger partial charge in [-0.25, -0.2) is 4.39 Å². The van der Waals surface area contributed by atoms with Crippen LogP contribution < -0.4 is 5.32 Å². The van der Waals surface area contributed by atoms with Crippen molar-refractivity contribution in [2.45, 2.75) is 32.4 Å². The highest BCUT2D eigenvalue weighted by Crippen LogP contribution is 2.20. The van der Waals surface area contributed by atoms with E-state index in [2.05, 4.69) is 33.1 Å². The lowest BCUT2D eigenvalue weighted by atomic mass is 10.0. The Labute approximate surface area is 117 Å². The second kappa shape index (κ2) is 6.64. The van der Waals surface area contributed by atoms with Crippen LogP contribution in [0.3, 0.4) is 0 Å². The molecule has 2 nitrogen and oxygen atoms in total. The number of hydrogen-bond acceptors (Lipinski definition) is 2. The number of hydrogen-bond donors (Lipinski definition) is 1. The van der Waals surface area contributed by atoms with Crippen LogP contribution in [-0.2, 0) is 6.54 Å². The highest BCUT2D eigenvalue weighted by molar-refractivity contribution is 9.10. The zero-order valence-electron chi connectivity index (χ0n) is 10.8. The highest BCUT2D eigenvalue weighted by Gasteiger charge is 2.19. The van der Waals surface area contributed by atoms with Gasteiger partial charge in [0.05, 0.1) is 4.47 Å². The Hall–Kier alpha value is -0.450. The molecule has 4 heteroatoms. The molecule has 0 spiro atoms. The fourth-order valence-corrected chi connectivity index (χ4v) is 2.97. The molecular weight excluding hydrogens is 295 g/mol. The molecule has 1 N–H and O–H groups in total. The molecule has 0 aliphatic carbocycles. The van der Waals surface area contributed by atoms with Gasteiger partial charge in [-0.05, 0) is 66.1 Å². The third-order valence-corrected chi connectivity index (χ3v) is 4.21. The van der Waals surface area contributed by atoms with E-state index in [0.29, 0.717) is 10.5 Å². The van der Waals surface area contributed by atoms with Crippen LogP contribution in [0.1, 0.15) is 25.3 Å². The van der Waals surface area contributed by atoms with Crippen LogP contribution in [0.15, 0.2) is 22.7 Å². The summed E-state index contributed by atoms with van der Waals surface area (Å²) in [5.41, 5.74) is 1.17. The Morgan fingerprint density at radius 1 is 1.39 bits per heavy atom. The topological polar surface area (TPSA) is 15.3 Å². The van der Waals surface area contributed by atoms with Crippen LogP contribution in [0, 0.1) is 5.82 Å². The van der Waals surface area contributed by atoms with Gasteiger partial charge in [0.2, 0.25) is 0 Å². The lowest BCUT2D eigenvalue weighted by Crippen LogP contribution is -2.42. The number of benzene rings is 1. The summed E-state index contributed by atoms with van der Waals surface area (Å²) in [4.78, 5) is 2.49. The molecule has 0 amide bonds. The summed E-state index contributed by atoms with van der Waals surface area (Å²) >= 11 is 3.25. The van der Waals surface area contributed by atoms with Crippen LogP contribution in [0.4, 0.5) is 4.39 Å². The number of piperidine rings is 1. The number of nitrogens with one attached hydrogen (secondary N) is 1. The SMILES string of the molecule is CCN(Cc1ccc(F)c(Br)c1)C1CCNCC1. The third kappa shape index (κ3) is 3.53. The van der Waals surface area contributed by atoms with Crippen LogP contribution in [0.25, 0.3) is 0 Å². The first kappa shape index (κ1) is 14.0. The van der Waals surface area contributed by atoms with Crippen molar-refractivity contribution in [3.05, 3.63) is 34.1 Å². The summed E-state index contributed by atoms with van der Waals surface area (Å²) in [5, 5.41) is 3.39. The molecule has 2 rings (SSSR count). The molecule has 1 aromatic carbocycles. The fraction of sp³-hybridized carbons (Fsp3) is 0.571. The average molecular weight is 315 g/mol. The second-order valence-corrected chi connectivity index (χ2v) is 5.65. The minimum absolute atomic E-state index is 0.191. The van der Waals surface area contributed by atoms with E-state index >= 15 is 0 Å². The van der Waals surface area contributed by atoms with Crippen LogP contribution in [0.5, 0.6) is 0 Å². The van der Waals surface area contributed by atoms with E-state index in [-0.39, 0.29) is 5.82 Å². The zero-order chi connectivity index (χ0) is 13.0. The molecule has 1 aromatic rings. The Morgan fingerprint density at radius 2 is 2.11 bits per heavy atom. The summed E-state index contributed by atoms with van der Waals surface area (Å²) in [6.45, 7) is 6.35. The van der Waals surface area contributed by atoms with Gasteiger partial charge in [-0.15, -0.1) is 0 Å². The minimum Gasteiger partial charge on any atom is -0.317 e. The zero-order valence-corrected chi connectivity index (χ0v) is 12.3. The monoisotopic (exact) mass is 314 g/mol. The van der Waals surface area contributed by atoms with E-state index in [1.807, 2.05) is 12.1 Å². The van der Waals surface area contributed by atoms with Gasteiger partial charge in [0.1, 0.15) is 5.82 Å². The normalized spacial score (nSPS) is 17.3. The number of nitrogens with zero attached hydrogens (tertiary/aromatic N) is 1. The molecule has 1 aliphatic rings. The van der Waals surface area contributed by atoms with Gasteiger partial charge in [-0.2, -0.15) is 0 Å². The van der Waals surface area contributed by atoms with Gasteiger partial charge < -0.3 is 5.32 Å². The van der Waals surface area contributed by atoms with Crippen molar-refractivity contribution in [3.8, 4) is 0 Å². The predicted octanol–water partition coefficient (Wildman–Crippen LogP) is 3.16. The standard InChI is InChI=1S/C14H20BrFN2/c1-2-18(12-5-7-17-8-6-12)10-11-3-4-14(16)13(15)9-11/h3-4,9,12,17H,2,5-8,10H2,1H3. The molecule has 0 bridgehead atoms. The van der Waals surface area contributed by atoms with E-state index in [1.165, 1.54) is 24.5 Å². The molecule has 0 unspecified atom stereocenters. The van der Waals surface area contributed by atoms with Crippen molar-refractivity contribution >= 4 is 15.9 Å². The summed E-state index contributed by atoms with van der Waals surface area (Å²) < 4.78 is 13.8. The first-order valence-electron chi connectivity index (χ1n) is 6.59. The maximum atomic E-state index is 13.2. The second-order valence-electron chi connectivity index (χ2n) is 4.79. The molecule has 1 fully saturated rings. The van der Waals surface area contributed by atoms with E-state index < -0.39 is 0 Å². The molecular formula is C14H20BrFN2. The van der Waals surface area contributed by atoms with Crippen molar-refractivity contribution in [1.82, 2.24) is 10.2 Å². The van der Waals surface area contributed by atoms with Crippen LogP contribution >= 0.6 is 15.9 Å². The van der Waals surface area contributed by atoms with Crippen molar-refractivity contribution in [1.29, 1.82) is 0 Å². The molecule has 0 saturated carbocycles. The highest BCUT2D eigenvalue weighted by atomic mass is 79.9. The summed E-state index contributed by atoms with van der Waals surface area (Å²) in [6.07, 6.45) is 2.41. The van der Waals surface area contributed by atoms with Crippen molar-refractivity contribution < 1.29 is 4.39 Å². The van der Waals surface area contributed by atoms with Gasteiger partial charge in [0.15, 0.2) is 0 Å². The lowest BCUT2D eigenvalue weighted by Gasteiger charge is -2.34. The average Bonchev–Trinajstić information content (AvgIpc) is 2.41. The van der Waals surface area contributed by atoms with Crippen LogP contribution in [0.2, 0.25) is 0 Å². The lowest BCUT2D eigenvalue weighted by molar-refractivity contribution is 0.162. The molecule has 0 atom stereocenters. The smallest absolute Gasteiger partial charge is 0.137 e. The quantitative estimate of drug-likeness (QED) is 0.918. The molecule has 18 heavy (non-hydrogen) atoms. The van der Waals surface area contributed by atoms with E-state index in [9.17, 15) is 4.39 Å². The molecule has 0 aromatic heterocycles. The third-order valence-electron chi connectivity index (χ3n) is 3.60. The fourth-order valence-electron chi connectivity index (χ4n) is 2.54. The van der Waals surface area contributed by atoms with Gasteiger partial charge in [-0.1, -0.05) is 13.0 Å². The summed E-state index contributed by atoms with van der Waals surface area (Å²) in [6, 6.07) is 5.96. The van der Waals surface area contributed by atoms with Gasteiger partial charge in [0.25, 0.3) is 0 Å². The molecule has 1 aliphatic heterocycles. The van der Waals surface area contributed by atoms with E-state index in [4.69, 9.17) is 0 Å². The Kier molecular flexibility index (Phi) is 5.15. The molecule has 1 saturated heterocycles. The minimum atomic E-state index is -0.191. The first-order valence-corrected chi connectivity index (χ1v) is 7.38. The van der Waals surface area contributed by atoms with E-state index in [1.54, 1.807) is 0 Å². The first-order chi connectivity index (χ1) is 8.70. The van der Waals surface area contributed by atoms with Crippen LogP contribution in [-0.4, -0.2) is 30.6 Å². The molecule has 1 heterocycles. The van der Waals surface area contributed by atoms with Gasteiger partial charge in [0, 0.05) is 12.6 Å². The molecule has 0 radical (unpaired) electrons. The maximum absolute atomic E-state index is 13.2.